The van der Waals surface area contributed by atoms with E-state index >= 15 is 0 Å². The number of aromatic nitrogens is 4. The van der Waals surface area contributed by atoms with Crippen molar-refractivity contribution in [2.45, 2.75) is 23.6 Å². The Morgan fingerprint density at radius 2 is 0.919 bits per heavy atom. The molecule has 0 saturated heterocycles. The van der Waals surface area contributed by atoms with Gasteiger partial charge in [-0.1, -0.05) is 61.6 Å². The first kappa shape index (κ1) is 55.8. The van der Waals surface area contributed by atoms with E-state index in [0.717, 1.165) is 21.5 Å². The Kier molecular flexibility index (Phi) is 20.7. The fourth-order valence-electron chi connectivity index (χ4n) is 4.84. The van der Waals surface area contributed by atoms with Gasteiger partial charge in [0.2, 0.25) is 0 Å². The maximum atomic E-state index is 12.5. The zero-order valence-corrected chi connectivity index (χ0v) is 41.3. The van der Waals surface area contributed by atoms with Crippen molar-refractivity contribution in [3.05, 3.63) is 137 Å². The van der Waals surface area contributed by atoms with E-state index in [-0.39, 0.29) is 128 Å². The average molecular weight is 965 g/mol. The molecule has 4 aromatic carbocycles. The summed E-state index contributed by atoms with van der Waals surface area (Å²) in [5.74, 6) is -2.11. The summed E-state index contributed by atoms with van der Waals surface area (Å²) >= 11 is 0. The molecule has 309 valence electrons. The minimum absolute atomic E-state index is 0. The summed E-state index contributed by atoms with van der Waals surface area (Å²) in [6.07, 6.45) is 0. The molecule has 0 spiro atoms. The molecule has 6 aromatic rings. The first-order chi connectivity index (χ1) is 27.2. The summed E-state index contributed by atoms with van der Waals surface area (Å²) in [6, 6.07) is 19.3. The van der Waals surface area contributed by atoms with Gasteiger partial charge in [-0.15, -0.1) is 11.4 Å². The second-order valence-corrected chi connectivity index (χ2v) is 14.2. The number of nitrogens with zero attached hydrogens (tertiary/aromatic N) is 10. The van der Waals surface area contributed by atoms with Crippen molar-refractivity contribution in [2.24, 2.45) is 20.5 Å². The number of phenolic OH excluding ortho intramolecular Hbond substituents is 2. The van der Waals surface area contributed by atoms with Gasteiger partial charge in [0.1, 0.15) is 32.3 Å². The van der Waals surface area contributed by atoms with Crippen molar-refractivity contribution in [2.75, 3.05) is 0 Å². The zero-order chi connectivity index (χ0) is 42.7. The van der Waals surface area contributed by atoms with Crippen LogP contribution >= 0.6 is 0 Å². The molecule has 0 bridgehead atoms. The minimum atomic E-state index is -4.98. The molecular formula is C32H24CoN10Na3O14S2+. The summed E-state index contributed by atoms with van der Waals surface area (Å²) in [6.45, 7) is 2.96. The van der Waals surface area contributed by atoms with Gasteiger partial charge in [-0.2, -0.15) is 27.1 Å². The topological polar surface area (TPSA) is 355 Å². The van der Waals surface area contributed by atoms with Gasteiger partial charge in [0.15, 0.2) is 11.5 Å². The number of nitro groups is 2. The predicted molar refractivity (Wildman–Crippen MR) is 198 cm³/mol. The number of azo groups is 2. The Morgan fingerprint density at radius 1 is 0.613 bits per heavy atom. The fourth-order valence-corrected chi connectivity index (χ4v) is 6.07. The van der Waals surface area contributed by atoms with Crippen molar-refractivity contribution < 1.29 is 151 Å². The van der Waals surface area contributed by atoms with Crippen molar-refractivity contribution in [1.29, 1.82) is 0 Å². The van der Waals surface area contributed by atoms with Gasteiger partial charge in [0.25, 0.3) is 31.6 Å². The van der Waals surface area contributed by atoms with Gasteiger partial charge < -0.3 is 30.0 Å². The van der Waals surface area contributed by atoms with Crippen LogP contribution in [0.5, 0.6) is 11.5 Å². The van der Waals surface area contributed by atoms with Gasteiger partial charge >= 0.3 is 88.7 Å². The molecule has 0 aliphatic heterocycles. The summed E-state index contributed by atoms with van der Waals surface area (Å²) < 4.78 is 65.9. The molecule has 62 heavy (non-hydrogen) atoms. The van der Waals surface area contributed by atoms with Crippen LogP contribution in [0, 0.1) is 34.1 Å². The van der Waals surface area contributed by atoms with E-state index in [9.17, 15) is 56.9 Å². The van der Waals surface area contributed by atoms with Crippen LogP contribution in [0.1, 0.15) is 11.4 Å². The normalized spacial score (nSPS) is 11.0. The number of hydrogen-bond acceptors (Lipinski definition) is 18. The zero-order valence-electron chi connectivity index (χ0n) is 32.6. The summed E-state index contributed by atoms with van der Waals surface area (Å²) in [7, 11) is -9.96. The number of para-hydroxylation sites is 2. The van der Waals surface area contributed by atoms with Crippen LogP contribution in [0.15, 0.2) is 125 Å². The molecule has 0 atom stereocenters. The quantitative estimate of drug-likeness (QED) is 0.0254. The van der Waals surface area contributed by atoms with Crippen LogP contribution < -0.4 is 99.8 Å². The molecule has 0 fully saturated rings. The molecule has 2 aromatic heterocycles. The van der Waals surface area contributed by atoms with E-state index in [1.807, 2.05) is 0 Å². The molecule has 4 N–H and O–H groups in total. The molecule has 0 unspecified atom stereocenters. The summed E-state index contributed by atoms with van der Waals surface area (Å²) in [4.78, 5) is 43.0. The largest absolute Gasteiger partial charge is 1.00 e. The minimum Gasteiger partial charge on any atom is -0.504 e. The molecule has 2 heterocycles. The Labute approximate surface area is 425 Å². The van der Waals surface area contributed by atoms with E-state index in [1.54, 1.807) is 60.7 Å². The molecule has 1 radical (unpaired) electrons. The van der Waals surface area contributed by atoms with E-state index in [2.05, 4.69) is 30.7 Å². The van der Waals surface area contributed by atoms with Crippen LogP contribution in [-0.4, -0.2) is 65.6 Å². The third-order valence-corrected chi connectivity index (χ3v) is 9.28. The maximum absolute atomic E-state index is 12.5. The Morgan fingerprint density at radius 3 is 1.19 bits per heavy atom. The second-order valence-electron chi connectivity index (χ2n) is 11.5. The molecule has 0 aliphatic rings. The van der Waals surface area contributed by atoms with E-state index in [0.29, 0.717) is 23.5 Å². The molecule has 0 amide bonds. The standard InChI is InChI=1S/2C16H12N5O7S.Co.3Na/c2*1-9-14(16(23)20(19-9)10-5-3-2-4-6-10)18-17-12-7-11(21(24)25)8-13(15(12)22)29(26,27)28;;;;/h2*2-8,22H,1H3,(H,26,27,28);;;;/q2*-1;;3*+1. The number of rotatable bonds is 10. The van der Waals surface area contributed by atoms with Gasteiger partial charge in [0.05, 0.1) is 21.2 Å². The van der Waals surface area contributed by atoms with Crippen LogP contribution in [0.2, 0.25) is 0 Å². The monoisotopic (exact) mass is 964 g/mol. The number of non-ortho nitro benzene ring substituents is 2. The third kappa shape index (κ3) is 13.0. The second kappa shape index (κ2) is 23.0. The van der Waals surface area contributed by atoms with Crippen molar-refractivity contribution in [1.82, 2.24) is 19.6 Å². The third-order valence-electron chi connectivity index (χ3n) is 7.55. The number of benzene rings is 4. The number of aromatic hydroxyl groups is 2. The molecule has 0 saturated carbocycles. The Hall–Kier alpha value is -4.17. The van der Waals surface area contributed by atoms with Crippen molar-refractivity contribution >= 4 is 54.4 Å². The van der Waals surface area contributed by atoms with Gasteiger partial charge in [-0.25, -0.2) is 19.6 Å². The number of hydrogen-bond donors (Lipinski definition) is 4. The van der Waals surface area contributed by atoms with Crippen molar-refractivity contribution in [3.8, 4) is 22.9 Å². The first-order valence-electron chi connectivity index (χ1n) is 15.6. The van der Waals surface area contributed by atoms with Crippen LogP contribution in [0.4, 0.5) is 34.1 Å². The maximum Gasteiger partial charge on any atom is 1.00 e. The molecule has 30 heteroatoms. The Balaban J connectivity index is 0.000000582. The predicted octanol–water partition coefficient (Wildman–Crippen LogP) is -3.92. The van der Waals surface area contributed by atoms with Gasteiger partial charge in [-0.3, -0.25) is 29.3 Å². The van der Waals surface area contributed by atoms with E-state index in [1.165, 1.54) is 13.8 Å². The molecule has 24 nitrogen and oxygen atoms in total. The SMILES string of the molecule is Cc1nn(-c2ccccc2)c(=O)[c-]1N=Nc1cc([N+](=O)[O-])cc(S(=O)(=O)O)c1O.Cc1nn(-c2ccccc2)c(=O)[c-]1N=Nc1cc([N+](=O)[O-])cc(S(=O)(=O)O)c1O.[Co].[Na+].[Na+].[Na+]. The van der Waals surface area contributed by atoms with Crippen molar-refractivity contribution in [3.63, 3.8) is 0 Å². The Bertz CT molecular complexity index is 2810. The number of nitro benzene ring substituents is 2. The van der Waals surface area contributed by atoms with Crippen LogP contribution in [-0.2, 0) is 37.0 Å². The number of phenols is 2. The smallest absolute Gasteiger partial charge is 0.504 e. The summed E-state index contributed by atoms with van der Waals surface area (Å²) in [5, 5.41) is 64.6. The van der Waals surface area contributed by atoms with Gasteiger partial charge in [-0.05, 0) is 24.3 Å². The van der Waals surface area contributed by atoms with Crippen LogP contribution in [0.25, 0.3) is 11.4 Å². The van der Waals surface area contributed by atoms with E-state index < -0.39 is 85.2 Å². The summed E-state index contributed by atoms with van der Waals surface area (Å²) in [5.41, 5.74) is -3.19. The van der Waals surface area contributed by atoms with Gasteiger partial charge in [0, 0.05) is 41.0 Å². The molecular weight excluding hydrogens is 940 g/mol. The van der Waals surface area contributed by atoms with E-state index in [4.69, 9.17) is 9.11 Å². The molecule has 6 rings (SSSR count). The molecule has 0 aliphatic carbocycles. The fraction of sp³-hybridized carbons (Fsp3) is 0.0625. The number of aryl methyl sites for hydroxylation is 2. The first-order valence-corrected chi connectivity index (χ1v) is 18.5. The average Bonchev–Trinajstić information content (AvgIpc) is 3.61. The van der Waals surface area contributed by atoms with Crippen LogP contribution in [0.3, 0.4) is 0 Å².